The fourth-order valence-corrected chi connectivity index (χ4v) is 2.50. The van der Waals surface area contributed by atoms with Crippen LogP contribution in [0.15, 0.2) is 24.3 Å². The van der Waals surface area contributed by atoms with E-state index in [2.05, 4.69) is 48.2 Å². The Bertz CT molecular complexity index is 345. The Hall–Kier alpha value is -1.06. The summed E-state index contributed by atoms with van der Waals surface area (Å²) in [6.45, 7) is 3.02. The average Bonchev–Trinajstić information content (AvgIpc) is 2.77. The van der Waals surface area contributed by atoms with Crippen LogP contribution in [0.1, 0.15) is 18.4 Å². The van der Waals surface area contributed by atoms with Gasteiger partial charge in [0.25, 0.3) is 0 Å². The molecule has 1 aromatic carbocycles. The first-order chi connectivity index (χ1) is 8.20. The van der Waals surface area contributed by atoms with E-state index in [0.29, 0.717) is 6.04 Å². The normalized spacial score (nSPS) is 20.8. The summed E-state index contributed by atoms with van der Waals surface area (Å²) in [5.41, 5.74) is 8.43. The van der Waals surface area contributed by atoms with Crippen molar-refractivity contribution in [3.63, 3.8) is 0 Å². The highest BCUT2D eigenvalue weighted by atomic mass is 15.2. The van der Waals surface area contributed by atoms with Gasteiger partial charge in [-0.15, -0.1) is 0 Å². The second-order valence-corrected chi connectivity index (χ2v) is 5.06. The molecule has 3 heteroatoms. The van der Waals surface area contributed by atoms with Crippen molar-refractivity contribution in [2.45, 2.75) is 25.4 Å². The van der Waals surface area contributed by atoms with Crippen LogP contribution in [0.25, 0.3) is 0 Å². The van der Waals surface area contributed by atoms with Gasteiger partial charge in [-0.25, -0.2) is 0 Å². The molecule has 0 saturated carbocycles. The monoisotopic (exact) mass is 233 g/mol. The third-order valence-electron chi connectivity index (χ3n) is 3.61. The lowest BCUT2D eigenvalue weighted by Gasteiger charge is -2.23. The van der Waals surface area contributed by atoms with Crippen molar-refractivity contribution >= 4 is 5.69 Å². The Morgan fingerprint density at radius 1 is 1.29 bits per heavy atom. The number of nitrogens with two attached hydrogens (primary N) is 1. The van der Waals surface area contributed by atoms with E-state index in [1.165, 1.54) is 30.6 Å². The predicted molar refractivity (Wildman–Crippen MR) is 73.3 cm³/mol. The summed E-state index contributed by atoms with van der Waals surface area (Å²) < 4.78 is 0. The second kappa shape index (κ2) is 5.52. The first-order valence-corrected chi connectivity index (χ1v) is 6.41. The van der Waals surface area contributed by atoms with Crippen LogP contribution in [0.2, 0.25) is 0 Å². The van der Waals surface area contributed by atoms with Gasteiger partial charge in [0.05, 0.1) is 0 Å². The summed E-state index contributed by atoms with van der Waals surface area (Å²) in [6, 6.07) is 9.40. The standard InChI is InChI=1S/C14H23N3/c1-16(2)13-7-5-12(6-8-13)11-17-9-3-4-14(17)10-15/h5-8,14H,3-4,9-11,15H2,1-2H3. The smallest absolute Gasteiger partial charge is 0.0361 e. The minimum absolute atomic E-state index is 0.587. The van der Waals surface area contributed by atoms with E-state index in [-0.39, 0.29) is 0 Å². The van der Waals surface area contributed by atoms with E-state index in [1.807, 2.05) is 0 Å². The molecule has 0 amide bonds. The molecular weight excluding hydrogens is 210 g/mol. The van der Waals surface area contributed by atoms with E-state index in [9.17, 15) is 0 Å². The van der Waals surface area contributed by atoms with E-state index in [4.69, 9.17) is 5.73 Å². The summed E-state index contributed by atoms with van der Waals surface area (Å²) in [7, 11) is 4.14. The number of rotatable bonds is 4. The highest BCUT2D eigenvalue weighted by Gasteiger charge is 2.22. The van der Waals surface area contributed by atoms with Crippen LogP contribution in [-0.4, -0.2) is 38.1 Å². The topological polar surface area (TPSA) is 32.5 Å². The van der Waals surface area contributed by atoms with Gasteiger partial charge < -0.3 is 10.6 Å². The van der Waals surface area contributed by atoms with Crippen LogP contribution in [0.4, 0.5) is 5.69 Å². The third kappa shape index (κ3) is 2.99. The molecular formula is C14H23N3. The molecule has 94 valence electrons. The molecule has 1 aliphatic rings. The van der Waals surface area contributed by atoms with Crippen molar-refractivity contribution in [2.75, 3.05) is 32.1 Å². The van der Waals surface area contributed by atoms with E-state index in [0.717, 1.165) is 13.1 Å². The fourth-order valence-electron chi connectivity index (χ4n) is 2.50. The van der Waals surface area contributed by atoms with Gasteiger partial charge in [0, 0.05) is 38.9 Å². The summed E-state index contributed by atoms with van der Waals surface area (Å²) >= 11 is 0. The molecule has 1 heterocycles. The Morgan fingerprint density at radius 3 is 2.59 bits per heavy atom. The van der Waals surface area contributed by atoms with Crippen LogP contribution in [0, 0.1) is 0 Å². The largest absolute Gasteiger partial charge is 0.378 e. The van der Waals surface area contributed by atoms with Crippen molar-refractivity contribution in [3.05, 3.63) is 29.8 Å². The van der Waals surface area contributed by atoms with Gasteiger partial charge in [-0.2, -0.15) is 0 Å². The molecule has 0 spiro atoms. The molecule has 0 bridgehead atoms. The quantitative estimate of drug-likeness (QED) is 0.858. The van der Waals surface area contributed by atoms with E-state index >= 15 is 0 Å². The van der Waals surface area contributed by atoms with Gasteiger partial charge in [0.15, 0.2) is 0 Å². The SMILES string of the molecule is CN(C)c1ccc(CN2CCCC2CN)cc1. The Kier molecular flexibility index (Phi) is 4.02. The molecule has 1 fully saturated rings. The molecule has 1 aromatic rings. The highest BCUT2D eigenvalue weighted by molar-refractivity contribution is 5.45. The Labute approximate surface area is 104 Å². The van der Waals surface area contributed by atoms with Crippen LogP contribution in [0.5, 0.6) is 0 Å². The molecule has 1 saturated heterocycles. The number of nitrogens with zero attached hydrogens (tertiary/aromatic N) is 2. The summed E-state index contributed by atoms with van der Waals surface area (Å²) in [5.74, 6) is 0. The van der Waals surface area contributed by atoms with Gasteiger partial charge in [-0.3, -0.25) is 4.90 Å². The lowest BCUT2D eigenvalue weighted by molar-refractivity contribution is 0.250. The maximum absolute atomic E-state index is 5.79. The highest BCUT2D eigenvalue weighted by Crippen LogP contribution is 2.20. The second-order valence-electron chi connectivity index (χ2n) is 5.06. The predicted octanol–water partition coefficient (Wildman–Crippen LogP) is 1.68. The summed E-state index contributed by atoms with van der Waals surface area (Å²) in [4.78, 5) is 4.63. The van der Waals surface area contributed by atoms with Crippen LogP contribution < -0.4 is 10.6 Å². The van der Waals surface area contributed by atoms with Gasteiger partial charge >= 0.3 is 0 Å². The van der Waals surface area contributed by atoms with Crippen molar-refractivity contribution in [1.82, 2.24) is 4.90 Å². The van der Waals surface area contributed by atoms with E-state index in [1.54, 1.807) is 0 Å². The number of hydrogen-bond acceptors (Lipinski definition) is 3. The molecule has 1 aliphatic heterocycles. The molecule has 1 atom stereocenters. The molecule has 3 nitrogen and oxygen atoms in total. The number of hydrogen-bond donors (Lipinski definition) is 1. The van der Waals surface area contributed by atoms with Gasteiger partial charge in [0.2, 0.25) is 0 Å². The first-order valence-electron chi connectivity index (χ1n) is 6.41. The molecule has 17 heavy (non-hydrogen) atoms. The van der Waals surface area contributed by atoms with Crippen LogP contribution >= 0.6 is 0 Å². The number of anilines is 1. The van der Waals surface area contributed by atoms with E-state index < -0.39 is 0 Å². The third-order valence-corrected chi connectivity index (χ3v) is 3.61. The average molecular weight is 233 g/mol. The number of likely N-dealkylation sites (tertiary alicyclic amines) is 1. The van der Waals surface area contributed by atoms with Crippen LogP contribution in [-0.2, 0) is 6.54 Å². The maximum Gasteiger partial charge on any atom is 0.0361 e. The van der Waals surface area contributed by atoms with Crippen LogP contribution in [0.3, 0.4) is 0 Å². The molecule has 2 N–H and O–H groups in total. The summed E-state index contributed by atoms with van der Waals surface area (Å²) in [5, 5.41) is 0. The molecule has 0 aromatic heterocycles. The van der Waals surface area contributed by atoms with Crippen molar-refractivity contribution in [1.29, 1.82) is 0 Å². The Balaban J connectivity index is 1.99. The minimum Gasteiger partial charge on any atom is -0.378 e. The number of benzene rings is 1. The Morgan fingerprint density at radius 2 is 2.00 bits per heavy atom. The molecule has 0 radical (unpaired) electrons. The van der Waals surface area contributed by atoms with Gasteiger partial charge in [-0.1, -0.05) is 12.1 Å². The molecule has 1 unspecified atom stereocenters. The van der Waals surface area contributed by atoms with Gasteiger partial charge in [-0.05, 0) is 37.1 Å². The van der Waals surface area contributed by atoms with Crippen molar-refractivity contribution < 1.29 is 0 Å². The zero-order valence-corrected chi connectivity index (χ0v) is 10.9. The van der Waals surface area contributed by atoms with Crippen molar-refractivity contribution in [2.24, 2.45) is 5.73 Å². The van der Waals surface area contributed by atoms with Crippen molar-refractivity contribution in [3.8, 4) is 0 Å². The molecule has 0 aliphatic carbocycles. The lowest BCUT2D eigenvalue weighted by Crippen LogP contribution is -2.34. The lowest BCUT2D eigenvalue weighted by atomic mass is 10.1. The zero-order valence-electron chi connectivity index (χ0n) is 10.9. The zero-order chi connectivity index (χ0) is 12.3. The molecule has 2 rings (SSSR count). The summed E-state index contributed by atoms with van der Waals surface area (Å²) in [6.07, 6.45) is 2.55. The minimum atomic E-state index is 0.587. The fraction of sp³-hybridized carbons (Fsp3) is 0.571. The van der Waals surface area contributed by atoms with Gasteiger partial charge in [0.1, 0.15) is 0 Å². The maximum atomic E-state index is 5.79. The first kappa shape index (κ1) is 12.4.